The molecule has 0 bridgehead atoms. The Hall–Kier alpha value is -0.600. The van der Waals surface area contributed by atoms with E-state index in [1.165, 1.54) is 11.1 Å². The summed E-state index contributed by atoms with van der Waals surface area (Å²) in [6.07, 6.45) is 4.57. The summed E-state index contributed by atoms with van der Waals surface area (Å²) < 4.78 is 10.8. The van der Waals surface area contributed by atoms with Gasteiger partial charge in [0.2, 0.25) is 0 Å². The van der Waals surface area contributed by atoms with Crippen molar-refractivity contribution in [3.8, 4) is 0 Å². The van der Waals surface area contributed by atoms with E-state index in [4.69, 9.17) is 9.47 Å². The lowest BCUT2D eigenvalue weighted by molar-refractivity contribution is 0.134. The summed E-state index contributed by atoms with van der Waals surface area (Å²) in [5.41, 5.74) is 2.54. The third kappa shape index (κ3) is 2.25. The molecular weight excluding hydrogens is 176 g/mol. The first-order valence-electron chi connectivity index (χ1n) is 5.05. The van der Waals surface area contributed by atoms with Gasteiger partial charge in [-0.15, -0.1) is 0 Å². The highest BCUT2D eigenvalue weighted by molar-refractivity contribution is 5.31. The molecule has 0 saturated heterocycles. The van der Waals surface area contributed by atoms with Crippen LogP contribution in [0.3, 0.4) is 0 Å². The number of ether oxygens (including phenoxy) is 2. The molecule has 2 atom stereocenters. The highest BCUT2D eigenvalue weighted by Crippen LogP contribution is 2.26. The van der Waals surface area contributed by atoms with Crippen LogP contribution in [0.2, 0.25) is 0 Å². The van der Waals surface area contributed by atoms with Gasteiger partial charge in [0.05, 0.1) is 12.2 Å². The molecule has 80 valence electrons. The van der Waals surface area contributed by atoms with Crippen molar-refractivity contribution in [3.05, 3.63) is 23.3 Å². The number of rotatable bonds is 3. The summed E-state index contributed by atoms with van der Waals surface area (Å²) in [5.74, 6) is 0.502. The standard InChI is InChI=1S/C12H20O2/c1-8(2)10-7-11(13-4)9(3)6-12(10)14-5/h6-8,11-12H,1-5H3. The Morgan fingerprint density at radius 1 is 1.07 bits per heavy atom. The largest absolute Gasteiger partial charge is 0.373 e. The molecule has 0 saturated carbocycles. The van der Waals surface area contributed by atoms with Gasteiger partial charge in [0.15, 0.2) is 0 Å². The summed E-state index contributed by atoms with van der Waals surface area (Å²) in [6, 6.07) is 0. The molecule has 14 heavy (non-hydrogen) atoms. The molecule has 2 unspecified atom stereocenters. The Labute approximate surface area is 86.6 Å². The van der Waals surface area contributed by atoms with E-state index in [9.17, 15) is 0 Å². The molecule has 0 heterocycles. The van der Waals surface area contributed by atoms with E-state index in [0.29, 0.717) is 5.92 Å². The average molecular weight is 196 g/mol. The second-order valence-corrected chi connectivity index (χ2v) is 4.04. The first-order valence-corrected chi connectivity index (χ1v) is 5.05. The Morgan fingerprint density at radius 2 is 1.64 bits per heavy atom. The highest BCUT2D eigenvalue weighted by Gasteiger charge is 2.22. The minimum atomic E-state index is 0.124. The van der Waals surface area contributed by atoms with Crippen LogP contribution in [0.5, 0.6) is 0 Å². The monoisotopic (exact) mass is 196 g/mol. The minimum absolute atomic E-state index is 0.124. The van der Waals surface area contributed by atoms with Crippen molar-refractivity contribution in [2.24, 2.45) is 5.92 Å². The maximum absolute atomic E-state index is 5.43. The van der Waals surface area contributed by atoms with Gasteiger partial charge in [-0.25, -0.2) is 0 Å². The van der Waals surface area contributed by atoms with E-state index in [2.05, 4.69) is 32.9 Å². The molecule has 1 aliphatic carbocycles. The zero-order valence-corrected chi connectivity index (χ0v) is 9.70. The third-order valence-electron chi connectivity index (χ3n) is 2.71. The van der Waals surface area contributed by atoms with Crippen molar-refractivity contribution in [1.82, 2.24) is 0 Å². The quantitative estimate of drug-likeness (QED) is 0.646. The summed E-state index contributed by atoms with van der Waals surface area (Å²) in [7, 11) is 3.49. The Bertz CT molecular complexity index is 251. The predicted molar refractivity (Wildman–Crippen MR) is 58.3 cm³/mol. The third-order valence-corrected chi connectivity index (χ3v) is 2.71. The zero-order valence-electron chi connectivity index (χ0n) is 9.70. The van der Waals surface area contributed by atoms with Gasteiger partial charge < -0.3 is 9.47 Å². The smallest absolute Gasteiger partial charge is 0.0970 e. The lowest BCUT2D eigenvalue weighted by Crippen LogP contribution is -2.25. The van der Waals surface area contributed by atoms with Crippen LogP contribution in [0.1, 0.15) is 20.8 Å². The molecule has 0 radical (unpaired) electrons. The van der Waals surface area contributed by atoms with Gasteiger partial charge >= 0.3 is 0 Å². The number of hydrogen-bond donors (Lipinski definition) is 0. The van der Waals surface area contributed by atoms with Crippen molar-refractivity contribution in [2.75, 3.05) is 14.2 Å². The van der Waals surface area contributed by atoms with Crippen LogP contribution < -0.4 is 0 Å². The van der Waals surface area contributed by atoms with Crippen LogP contribution in [0.4, 0.5) is 0 Å². The van der Waals surface area contributed by atoms with Crippen LogP contribution in [-0.4, -0.2) is 26.4 Å². The molecule has 0 fully saturated rings. The van der Waals surface area contributed by atoms with E-state index in [-0.39, 0.29) is 12.2 Å². The first kappa shape index (κ1) is 11.5. The van der Waals surface area contributed by atoms with Crippen molar-refractivity contribution >= 4 is 0 Å². The molecule has 2 heteroatoms. The molecule has 0 aromatic heterocycles. The fraction of sp³-hybridized carbons (Fsp3) is 0.667. The molecule has 1 rings (SSSR count). The van der Waals surface area contributed by atoms with Gasteiger partial charge in [-0.2, -0.15) is 0 Å². The van der Waals surface area contributed by atoms with Gasteiger partial charge in [-0.05, 0) is 36.1 Å². The fourth-order valence-corrected chi connectivity index (χ4v) is 1.81. The molecule has 0 aromatic carbocycles. The Balaban J connectivity index is 2.91. The molecule has 0 aromatic rings. The maximum atomic E-state index is 5.43. The summed E-state index contributed by atoms with van der Waals surface area (Å²) in [5, 5.41) is 0. The topological polar surface area (TPSA) is 18.5 Å². The van der Waals surface area contributed by atoms with Crippen LogP contribution in [-0.2, 0) is 9.47 Å². The second-order valence-electron chi connectivity index (χ2n) is 4.04. The second kappa shape index (κ2) is 4.76. The van der Waals surface area contributed by atoms with Gasteiger partial charge in [0.25, 0.3) is 0 Å². The normalized spacial score (nSPS) is 27.6. The highest BCUT2D eigenvalue weighted by atomic mass is 16.5. The first-order chi connectivity index (χ1) is 6.60. The lowest BCUT2D eigenvalue weighted by Gasteiger charge is -2.27. The van der Waals surface area contributed by atoms with E-state index >= 15 is 0 Å². The number of methoxy groups -OCH3 is 2. The molecule has 0 aliphatic heterocycles. The van der Waals surface area contributed by atoms with Crippen LogP contribution in [0.25, 0.3) is 0 Å². The molecule has 0 N–H and O–H groups in total. The average Bonchev–Trinajstić information content (AvgIpc) is 2.16. The summed E-state index contributed by atoms with van der Waals surface area (Å²) in [4.78, 5) is 0. The molecule has 0 amide bonds. The Kier molecular flexibility index (Phi) is 3.90. The molecule has 1 aliphatic rings. The van der Waals surface area contributed by atoms with Crippen LogP contribution >= 0.6 is 0 Å². The Morgan fingerprint density at radius 3 is 2.07 bits per heavy atom. The van der Waals surface area contributed by atoms with Gasteiger partial charge in [-0.1, -0.05) is 13.8 Å². The minimum Gasteiger partial charge on any atom is -0.373 e. The van der Waals surface area contributed by atoms with Gasteiger partial charge in [0.1, 0.15) is 0 Å². The number of hydrogen-bond acceptors (Lipinski definition) is 2. The SMILES string of the molecule is COC1C=C(C(C)C)C(OC)C=C1C. The van der Waals surface area contributed by atoms with Crippen molar-refractivity contribution < 1.29 is 9.47 Å². The van der Waals surface area contributed by atoms with E-state index in [0.717, 1.165) is 0 Å². The van der Waals surface area contributed by atoms with Gasteiger partial charge in [-0.3, -0.25) is 0 Å². The lowest BCUT2D eigenvalue weighted by atomic mass is 9.88. The van der Waals surface area contributed by atoms with Gasteiger partial charge in [0, 0.05) is 14.2 Å². The summed E-state index contributed by atoms with van der Waals surface area (Å²) >= 11 is 0. The molecular formula is C12H20O2. The zero-order chi connectivity index (χ0) is 10.7. The van der Waals surface area contributed by atoms with Crippen molar-refractivity contribution in [2.45, 2.75) is 33.0 Å². The van der Waals surface area contributed by atoms with Crippen LogP contribution in [0, 0.1) is 5.92 Å². The predicted octanol–water partition coefficient (Wildman–Crippen LogP) is 2.56. The van der Waals surface area contributed by atoms with E-state index in [1.54, 1.807) is 14.2 Å². The maximum Gasteiger partial charge on any atom is 0.0970 e. The molecule has 0 spiro atoms. The molecule has 2 nitrogen and oxygen atoms in total. The van der Waals surface area contributed by atoms with E-state index < -0.39 is 0 Å². The van der Waals surface area contributed by atoms with Crippen LogP contribution in [0.15, 0.2) is 23.3 Å². The van der Waals surface area contributed by atoms with Crippen molar-refractivity contribution in [3.63, 3.8) is 0 Å². The van der Waals surface area contributed by atoms with Crippen molar-refractivity contribution in [1.29, 1.82) is 0 Å². The fourth-order valence-electron chi connectivity index (χ4n) is 1.81. The summed E-state index contributed by atoms with van der Waals surface area (Å²) in [6.45, 7) is 6.44. The van der Waals surface area contributed by atoms with E-state index in [1.807, 2.05) is 0 Å².